The second-order valence-electron chi connectivity index (χ2n) is 7.16. The van der Waals surface area contributed by atoms with Crippen molar-refractivity contribution in [2.45, 2.75) is 13.5 Å². The van der Waals surface area contributed by atoms with Crippen LogP contribution in [0.25, 0.3) is 16.8 Å². The number of carbonyl (C=O) groups is 1. The third kappa shape index (κ3) is 4.34. The second-order valence-corrected chi connectivity index (χ2v) is 8.04. The Morgan fingerprint density at radius 1 is 1.00 bits per heavy atom. The number of hydrogen-bond donors (Lipinski definition) is 1. The zero-order valence-corrected chi connectivity index (χ0v) is 18.5. The molecule has 0 aliphatic carbocycles. The van der Waals surface area contributed by atoms with E-state index in [0.29, 0.717) is 22.9 Å². The Labute approximate surface area is 185 Å². The molecule has 0 spiro atoms. The molecule has 31 heavy (non-hydrogen) atoms. The Kier molecular flexibility index (Phi) is 6.09. The highest BCUT2D eigenvalue weighted by Gasteiger charge is 2.20. The summed E-state index contributed by atoms with van der Waals surface area (Å²) in [5.74, 6) is 1.19. The summed E-state index contributed by atoms with van der Waals surface area (Å²) in [7, 11) is 3.20. The number of thiophene rings is 1. The molecular weight excluding hydrogens is 408 g/mol. The molecule has 0 aliphatic heterocycles. The number of aromatic nitrogens is 1. The minimum Gasteiger partial charge on any atom is -0.493 e. The molecule has 0 fully saturated rings. The van der Waals surface area contributed by atoms with E-state index in [4.69, 9.17) is 9.47 Å². The molecule has 1 amide bonds. The van der Waals surface area contributed by atoms with Crippen molar-refractivity contribution in [3.8, 4) is 28.3 Å². The molecule has 0 bridgehead atoms. The molecule has 0 radical (unpaired) electrons. The maximum Gasteiger partial charge on any atom is 0.263 e. The zero-order chi connectivity index (χ0) is 21.8. The first-order chi connectivity index (χ1) is 15.1. The van der Waals surface area contributed by atoms with Crippen LogP contribution < -0.4 is 14.8 Å². The normalized spacial score (nSPS) is 10.7. The van der Waals surface area contributed by atoms with Crippen molar-refractivity contribution in [3.05, 3.63) is 88.4 Å². The van der Waals surface area contributed by atoms with E-state index < -0.39 is 0 Å². The van der Waals surface area contributed by atoms with E-state index in [1.165, 1.54) is 16.9 Å². The van der Waals surface area contributed by atoms with Crippen LogP contribution in [0.1, 0.15) is 20.8 Å². The maximum absolute atomic E-state index is 13.2. The molecule has 0 saturated carbocycles. The number of carbonyl (C=O) groups excluding carboxylic acids is 1. The second kappa shape index (κ2) is 9.10. The van der Waals surface area contributed by atoms with E-state index in [1.807, 2.05) is 53.4 Å². The van der Waals surface area contributed by atoms with Gasteiger partial charge in [0.25, 0.3) is 5.91 Å². The Balaban J connectivity index is 1.63. The van der Waals surface area contributed by atoms with Gasteiger partial charge < -0.3 is 19.4 Å². The fourth-order valence-corrected chi connectivity index (χ4v) is 4.51. The van der Waals surface area contributed by atoms with Gasteiger partial charge in [-0.1, -0.05) is 35.9 Å². The van der Waals surface area contributed by atoms with Gasteiger partial charge in [0, 0.05) is 29.9 Å². The summed E-state index contributed by atoms with van der Waals surface area (Å²) in [6.45, 7) is 2.46. The molecule has 2 heterocycles. The van der Waals surface area contributed by atoms with Gasteiger partial charge in [0.1, 0.15) is 4.88 Å². The van der Waals surface area contributed by atoms with Crippen molar-refractivity contribution < 1.29 is 14.3 Å². The van der Waals surface area contributed by atoms with Gasteiger partial charge in [-0.05, 0) is 42.3 Å². The Bertz CT molecular complexity index is 1200. The van der Waals surface area contributed by atoms with Crippen LogP contribution in [0.15, 0.2) is 72.4 Å². The predicted molar refractivity (Wildman–Crippen MR) is 125 cm³/mol. The van der Waals surface area contributed by atoms with Crippen molar-refractivity contribution in [2.75, 3.05) is 14.2 Å². The number of amides is 1. The Hall–Kier alpha value is -3.51. The standard InChI is InChI=1S/C25H24N2O3S/c1-17-7-6-8-19(13-17)20-16-31-24(23(20)27-11-4-5-12-27)25(28)26-15-18-9-10-21(29-2)22(14-18)30-3/h4-14,16H,15H2,1-3H3,(H,26,28). The average Bonchev–Trinajstić information content (AvgIpc) is 3.46. The molecule has 6 heteroatoms. The largest absolute Gasteiger partial charge is 0.493 e. The third-order valence-electron chi connectivity index (χ3n) is 5.06. The number of ether oxygens (including phenoxy) is 2. The number of methoxy groups -OCH3 is 2. The molecule has 0 saturated heterocycles. The molecule has 0 aliphatic rings. The highest BCUT2D eigenvalue weighted by Crippen LogP contribution is 2.35. The molecule has 0 unspecified atom stereocenters. The summed E-state index contributed by atoms with van der Waals surface area (Å²) < 4.78 is 12.6. The SMILES string of the molecule is COc1ccc(CNC(=O)c2scc(-c3cccc(C)c3)c2-n2cccc2)cc1OC. The first kappa shape index (κ1) is 20.8. The quantitative estimate of drug-likeness (QED) is 0.422. The third-order valence-corrected chi connectivity index (χ3v) is 6.03. The molecule has 5 nitrogen and oxygen atoms in total. The van der Waals surface area contributed by atoms with Gasteiger partial charge in [-0.15, -0.1) is 11.3 Å². The number of rotatable bonds is 7. The predicted octanol–water partition coefficient (Wildman–Crippen LogP) is 5.46. The lowest BCUT2D eigenvalue weighted by Gasteiger charge is -2.12. The summed E-state index contributed by atoms with van der Waals surface area (Å²) in [4.78, 5) is 13.8. The summed E-state index contributed by atoms with van der Waals surface area (Å²) in [5.41, 5.74) is 5.15. The topological polar surface area (TPSA) is 52.5 Å². The van der Waals surface area contributed by atoms with Gasteiger partial charge >= 0.3 is 0 Å². The lowest BCUT2D eigenvalue weighted by Crippen LogP contribution is -2.23. The summed E-state index contributed by atoms with van der Waals surface area (Å²) in [5, 5.41) is 5.10. The van der Waals surface area contributed by atoms with Crippen LogP contribution in [-0.2, 0) is 6.54 Å². The lowest BCUT2D eigenvalue weighted by atomic mass is 10.0. The fourth-order valence-electron chi connectivity index (χ4n) is 3.52. The number of hydrogen-bond acceptors (Lipinski definition) is 4. The summed E-state index contributed by atoms with van der Waals surface area (Å²) in [6, 6.07) is 17.9. The van der Waals surface area contributed by atoms with Gasteiger partial charge in [0.2, 0.25) is 0 Å². The number of benzene rings is 2. The Morgan fingerprint density at radius 2 is 1.77 bits per heavy atom. The van der Waals surface area contributed by atoms with Crippen molar-refractivity contribution in [1.29, 1.82) is 0 Å². The fraction of sp³-hybridized carbons (Fsp3) is 0.160. The molecule has 1 N–H and O–H groups in total. The minimum atomic E-state index is -0.109. The van der Waals surface area contributed by atoms with Crippen LogP contribution in [-0.4, -0.2) is 24.7 Å². The smallest absolute Gasteiger partial charge is 0.263 e. The van der Waals surface area contributed by atoms with Crippen molar-refractivity contribution >= 4 is 17.2 Å². The van der Waals surface area contributed by atoms with E-state index in [9.17, 15) is 4.79 Å². The van der Waals surface area contributed by atoms with Crippen LogP contribution in [0, 0.1) is 6.92 Å². The van der Waals surface area contributed by atoms with Crippen LogP contribution in [0.4, 0.5) is 0 Å². The lowest BCUT2D eigenvalue weighted by molar-refractivity contribution is 0.0955. The van der Waals surface area contributed by atoms with Crippen LogP contribution >= 0.6 is 11.3 Å². The van der Waals surface area contributed by atoms with E-state index >= 15 is 0 Å². The van der Waals surface area contributed by atoms with E-state index in [-0.39, 0.29) is 5.91 Å². The average molecular weight is 433 g/mol. The first-order valence-electron chi connectivity index (χ1n) is 9.91. The maximum atomic E-state index is 13.2. The first-order valence-corrected chi connectivity index (χ1v) is 10.8. The Morgan fingerprint density at radius 3 is 2.48 bits per heavy atom. The van der Waals surface area contributed by atoms with Gasteiger partial charge in [0.15, 0.2) is 11.5 Å². The molecule has 4 aromatic rings. The van der Waals surface area contributed by atoms with Gasteiger partial charge in [0.05, 0.1) is 19.9 Å². The van der Waals surface area contributed by atoms with Gasteiger partial charge in [-0.3, -0.25) is 4.79 Å². The highest BCUT2D eigenvalue weighted by atomic mass is 32.1. The minimum absolute atomic E-state index is 0.109. The zero-order valence-electron chi connectivity index (χ0n) is 17.7. The van der Waals surface area contributed by atoms with Crippen molar-refractivity contribution in [2.24, 2.45) is 0 Å². The monoisotopic (exact) mass is 432 g/mol. The van der Waals surface area contributed by atoms with Crippen molar-refractivity contribution in [3.63, 3.8) is 0 Å². The molecule has 2 aromatic heterocycles. The molecule has 158 valence electrons. The van der Waals surface area contributed by atoms with Crippen molar-refractivity contribution in [1.82, 2.24) is 9.88 Å². The van der Waals surface area contributed by atoms with E-state index in [2.05, 4.69) is 35.8 Å². The number of aryl methyl sites for hydroxylation is 1. The number of nitrogens with zero attached hydrogens (tertiary/aromatic N) is 1. The van der Waals surface area contributed by atoms with E-state index in [0.717, 1.165) is 22.4 Å². The van der Waals surface area contributed by atoms with Gasteiger partial charge in [-0.25, -0.2) is 0 Å². The van der Waals surface area contributed by atoms with E-state index in [1.54, 1.807) is 14.2 Å². The van der Waals surface area contributed by atoms with Crippen LogP contribution in [0.3, 0.4) is 0 Å². The molecular formula is C25H24N2O3S. The number of nitrogens with one attached hydrogen (secondary N) is 1. The molecule has 2 aromatic carbocycles. The summed E-state index contributed by atoms with van der Waals surface area (Å²) in [6.07, 6.45) is 3.93. The van der Waals surface area contributed by atoms with Gasteiger partial charge in [-0.2, -0.15) is 0 Å². The molecule has 4 rings (SSSR count). The van der Waals surface area contributed by atoms with Crippen LogP contribution in [0.2, 0.25) is 0 Å². The molecule has 0 atom stereocenters. The highest BCUT2D eigenvalue weighted by molar-refractivity contribution is 7.13. The summed E-state index contributed by atoms with van der Waals surface area (Å²) >= 11 is 1.45. The van der Waals surface area contributed by atoms with Crippen LogP contribution in [0.5, 0.6) is 11.5 Å².